The average molecular weight is 332 g/mol. The molecular formula is C17H18ClN3O2. The van der Waals surface area contributed by atoms with E-state index < -0.39 is 6.04 Å². The molecule has 0 fully saturated rings. The van der Waals surface area contributed by atoms with Crippen molar-refractivity contribution < 1.29 is 9.59 Å². The van der Waals surface area contributed by atoms with Crippen LogP contribution < -0.4 is 16.0 Å². The van der Waals surface area contributed by atoms with E-state index in [9.17, 15) is 9.59 Å². The Kier molecular flexibility index (Phi) is 5.60. The van der Waals surface area contributed by atoms with E-state index in [1.54, 1.807) is 49.4 Å². The van der Waals surface area contributed by atoms with Gasteiger partial charge in [0.05, 0.1) is 0 Å². The van der Waals surface area contributed by atoms with Gasteiger partial charge in [-0.3, -0.25) is 9.59 Å². The molecule has 2 aromatic carbocycles. The molecule has 6 heteroatoms. The normalized spacial score (nSPS) is 11.4. The van der Waals surface area contributed by atoms with Crippen molar-refractivity contribution in [3.05, 3.63) is 53.6 Å². The smallest absolute Gasteiger partial charge is 0.246 e. The lowest BCUT2D eigenvalue weighted by Crippen LogP contribution is -2.31. The fraction of sp³-hybridized carbons (Fsp3) is 0.176. The number of anilines is 3. The van der Waals surface area contributed by atoms with Crippen molar-refractivity contribution >= 4 is 40.5 Å². The minimum Gasteiger partial charge on any atom is -0.374 e. The molecule has 0 spiro atoms. The molecule has 5 nitrogen and oxygen atoms in total. The molecule has 0 aliphatic heterocycles. The van der Waals surface area contributed by atoms with Gasteiger partial charge in [-0.2, -0.15) is 0 Å². The third kappa shape index (κ3) is 5.30. The van der Waals surface area contributed by atoms with Gasteiger partial charge in [0.1, 0.15) is 6.04 Å². The van der Waals surface area contributed by atoms with Crippen molar-refractivity contribution in [3.8, 4) is 0 Å². The molecule has 0 bridgehead atoms. The van der Waals surface area contributed by atoms with E-state index in [0.717, 1.165) is 5.69 Å². The van der Waals surface area contributed by atoms with E-state index in [-0.39, 0.29) is 11.8 Å². The Bertz CT molecular complexity index is 718. The summed E-state index contributed by atoms with van der Waals surface area (Å²) in [6.45, 7) is 3.20. The predicted molar refractivity (Wildman–Crippen MR) is 93.9 cm³/mol. The number of nitrogens with one attached hydrogen (secondary N) is 3. The van der Waals surface area contributed by atoms with Crippen molar-refractivity contribution in [2.75, 3.05) is 16.0 Å². The van der Waals surface area contributed by atoms with Crippen molar-refractivity contribution in [2.45, 2.75) is 19.9 Å². The maximum atomic E-state index is 12.2. The van der Waals surface area contributed by atoms with Crippen LogP contribution >= 0.6 is 11.6 Å². The lowest BCUT2D eigenvalue weighted by molar-refractivity contribution is -0.116. The minimum absolute atomic E-state index is 0.145. The quantitative estimate of drug-likeness (QED) is 0.781. The maximum absolute atomic E-state index is 12.2. The van der Waals surface area contributed by atoms with Crippen molar-refractivity contribution in [2.24, 2.45) is 0 Å². The van der Waals surface area contributed by atoms with Crippen LogP contribution in [0.2, 0.25) is 5.02 Å². The highest BCUT2D eigenvalue weighted by Gasteiger charge is 2.13. The Morgan fingerprint density at radius 3 is 2.22 bits per heavy atom. The molecule has 0 saturated carbocycles. The third-order valence-corrected chi connectivity index (χ3v) is 3.29. The molecule has 120 valence electrons. The lowest BCUT2D eigenvalue weighted by Gasteiger charge is -2.16. The van der Waals surface area contributed by atoms with Gasteiger partial charge in [0.15, 0.2) is 0 Å². The van der Waals surface area contributed by atoms with Crippen LogP contribution in [0.1, 0.15) is 13.8 Å². The van der Waals surface area contributed by atoms with E-state index in [1.807, 2.05) is 6.07 Å². The second-order valence-electron chi connectivity index (χ2n) is 5.13. The summed E-state index contributed by atoms with van der Waals surface area (Å²) < 4.78 is 0. The van der Waals surface area contributed by atoms with Crippen LogP contribution in [0.15, 0.2) is 48.5 Å². The first kappa shape index (κ1) is 16.8. The van der Waals surface area contributed by atoms with E-state index in [1.165, 1.54) is 6.92 Å². The number of hydrogen-bond donors (Lipinski definition) is 3. The molecular weight excluding hydrogens is 314 g/mol. The molecule has 2 rings (SSSR count). The van der Waals surface area contributed by atoms with Gasteiger partial charge in [-0.25, -0.2) is 0 Å². The first-order chi connectivity index (χ1) is 10.9. The number of halogens is 1. The number of benzene rings is 2. The third-order valence-electron chi connectivity index (χ3n) is 3.05. The lowest BCUT2D eigenvalue weighted by atomic mass is 10.2. The zero-order valence-electron chi connectivity index (χ0n) is 12.9. The number of hydrogen-bond acceptors (Lipinski definition) is 3. The van der Waals surface area contributed by atoms with Crippen molar-refractivity contribution in [1.82, 2.24) is 0 Å². The standard InChI is InChI=1S/C17H18ClN3O2/c1-11(17(23)21-14-6-3-5-13(18)9-14)19-15-7-4-8-16(10-15)20-12(2)22/h3-11,19H,1-2H3,(H,20,22)(H,21,23). The topological polar surface area (TPSA) is 70.2 Å². The van der Waals surface area contributed by atoms with E-state index in [0.29, 0.717) is 16.4 Å². The highest BCUT2D eigenvalue weighted by Crippen LogP contribution is 2.18. The molecule has 1 atom stereocenters. The van der Waals surface area contributed by atoms with Gasteiger partial charge in [-0.15, -0.1) is 0 Å². The Morgan fingerprint density at radius 1 is 0.957 bits per heavy atom. The Balaban J connectivity index is 1.99. The zero-order valence-corrected chi connectivity index (χ0v) is 13.6. The van der Waals surface area contributed by atoms with Gasteiger partial charge in [-0.1, -0.05) is 23.7 Å². The monoisotopic (exact) mass is 331 g/mol. The highest BCUT2D eigenvalue weighted by atomic mass is 35.5. The fourth-order valence-electron chi connectivity index (χ4n) is 2.02. The summed E-state index contributed by atoms with van der Waals surface area (Å²) >= 11 is 5.90. The Labute approximate surface area is 140 Å². The van der Waals surface area contributed by atoms with Crippen LogP contribution in [0.25, 0.3) is 0 Å². The SMILES string of the molecule is CC(=O)Nc1cccc(NC(C)C(=O)Nc2cccc(Cl)c2)c1. The average Bonchev–Trinajstić information content (AvgIpc) is 2.46. The van der Waals surface area contributed by atoms with Gasteiger partial charge in [0, 0.05) is 29.0 Å². The van der Waals surface area contributed by atoms with E-state index in [2.05, 4.69) is 16.0 Å². The summed E-state index contributed by atoms with van der Waals surface area (Å²) in [6, 6.07) is 13.7. The fourth-order valence-corrected chi connectivity index (χ4v) is 2.21. The van der Waals surface area contributed by atoms with Crippen LogP contribution in [-0.4, -0.2) is 17.9 Å². The highest BCUT2D eigenvalue weighted by molar-refractivity contribution is 6.30. The summed E-state index contributed by atoms with van der Waals surface area (Å²) in [5.41, 5.74) is 2.05. The predicted octanol–water partition coefficient (Wildman–Crippen LogP) is 3.74. The van der Waals surface area contributed by atoms with Gasteiger partial charge < -0.3 is 16.0 Å². The van der Waals surface area contributed by atoms with Gasteiger partial charge in [-0.05, 0) is 43.3 Å². The summed E-state index contributed by atoms with van der Waals surface area (Å²) in [4.78, 5) is 23.3. The zero-order chi connectivity index (χ0) is 16.8. The Morgan fingerprint density at radius 2 is 1.57 bits per heavy atom. The minimum atomic E-state index is -0.457. The summed E-state index contributed by atoms with van der Waals surface area (Å²) in [7, 11) is 0. The van der Waals surface area contributed by atoms with Crippen molar-refractivity contribution in [1.29, 1.82) is 0 Å². The number of carbonyl (C=O) groups is 2. The molecule has 2 aromatic rings. The maximum Gasteiger partial charge on any atom is 0.246 e. The molecule has 23 heavy (non-hydrogen) atoms. The molecule has 0 aliphatic carbocycles. The molecule has 1 unspecified atom stereocenters. The summed E-state index contributed by atoms with van der Waals surface area (Å²) in [5, 5.41) is 9.15. The van der Waals surface area contributed by atoms with Crippen LogP contribution in [0.4, 0.5) is 17.1 Å². The second kappa shape index (κ2) is 7.65. The molecule has 0 radical (unpaired) electrons. The van der Waals surface area contributed by atoms with Gasteiger partial charge >= 0.3 is 0 Å². The molecule has 0 heterocycles. The molecule has 3 N–H and O–H groups in total. The molecule has 0 aliphatic rings. The molecule has 0 saturated heterocycles. The van der Waals surface area contributed by atoms with Crippen LogP contribution in [-0.2, 0) is 9.59 Å². The van der Waals surface area contributed by atoms with Crippen LogP contribution in [0.5, 0.6) is 0 Å². The number of carbonyl (C=O) groups excluding carboxylic acids is 2. The largest absolute Gasteiger partial charge is 0.374 e. The number of amides is 2. The Hall–Kier alpha value is -2.53. The number of rotatable bonds is 5. The van der Waals surface area contributed by atoms with Gasteiger partial charge in [0.2, 0.25) is 11.8 Å². The first-order valence-corrected chi connectivity index (χ1v) is 7.52. The molecule has 2 amide bonds. The first-order valence-electron chi connectivity index (χ1n) is 7.14. The van der Waals surface area contributed by atoms with E-state index >= 15 is 0 Å². The molecule has 0 aromatic heterocycles. The van der Waals surface area contributed by atoms with Gasteiger partial charge in [0.25, 0.3) is 0 Å². The van der Waals surface area contributed by atoms with Crippen molar-refractivity contribution in [3.63, 3.8) is 0 Å². The second-order valence-corrected chi connectivity index (χ2v) is 5.56. The van der Waals surface area contributed by atoms with Crippen LogP contribution in [0.3, 0.4) is 0 Å². The summed E-state index contributed by atoms with van der Waals surface area (Å²) in [5.74, 6) is -0.328. The summed E-state index contributed by atoms with van der Waals surface area (Å²) in [6.07, 6.45) is 0. The van der Waals surface area contributed by atoms with E-state index in [4.69, 9.17) is 11.6 Å². The van der Waals surface area contributed by atoms with Crippen LogP contribution in [0, 0.1) is 0 Å².